The molecular weight excluding hydrogens is 608 g/mol. The Kier molecular flexibility index (Phi) is 10.3. The van der Waals surface area contributed by atoms with Crippen LogP contribution in [-0.4, -0.2) is 147 Å². The summed E-state index contributed by atoms with van der Waals surface area (Å²) in [6.45, 7) is 2.35. The summed E-state index contributed by atoms with van der Waals surface area (Å²) in [7, 11) is 1.35. The third-order valence-corrected chi connectivity index (χ3v) is 8.13. The molecule has 3 saturated heterocycles. The minimum absolute atomic E-state index is 0.0490. The predicted molar refractivity (Wildman–Crippen MR) is 146 cm³/mol. The average Bonchev–Trinajstić information content (AvgIpc) is 3.02. The molecule has 4 heterocycles. The van der Waals surface area contributed by atoms with E-state index in [0.717, 1.165) is 0 Å². The Morgan fingerprint density at radius 2 is 1.31 bits per heavy atom. The number of aliphatic hydroxyl groups is 8. The summed E-state index contributed by atoms with van der Waals surface area (Å²) in [5.41, 5.74) is -0.524. The van der Waals surface area contributed by atoms with Gasteiger partial charge in [0.25, 0.3) is 0 Å². The third-order valence-electron chi connectivity index (χ3n) is 8.13. The molecule has 0 spiro atoms. The highest BCUT2D eigenvalue weighted by Crippen LogP contribution is 2.36. The van der Waals surface area contributed by atoms with Crippen LogP contribution in [0.4, 0.5) is 0 Å². The molecule has 3 aliphatic heterocycles. The topological polar surface area (TPSA) is 257 Å². The van der Waals surface area contributed by atoms with Crippen LogP contribution in [0.3, 0.4) is 0 Å². The summed E-state index contributed by atoms with van der Waals surface area (Å²) in [6, 6.07) is 5.56. The second kappa shape index (κ2) is 13.7. The molecule has 2 aromatic rings. The van der Waals surface area contributed by atoms with Gasteiger partial charge in [-0.3, -0.25) is 0 Å². The van der Waals surface area contributed by atoms with Crippen molar-refractivity contribution >= 4 is 11.0 Å². The molecule has 1 aromatic heterocycles. The fraction of sp³-hybridized carbons (Fsp3) is 0.679. The van der Waals surface area contributed by atoms with Gasteiger partial charge in [-0.1, -0.05) is 0 Å². The molecule has 5 rings (SSSR count). The van der Waals surface area contributed by atoms with Crippen molar-refractivity contribution in [3.05, 3.63) is 34.7 Å². The van der Waals surface area contributed by atoms with E-state index in [-0.39, 0.29) is 17.1 Å². The molecule has 0 saturated carbocycles. The minimum Gasteiger partial charge on any atom is -0.493 e. The van der Waals surface area contributed by atoms with Crippen LogP contribution in [-0.2, 0) is 23.7 Å². The first-order chi connectivity index (χ1) is 21.3. The van der Waals surface area contributed by atoms with Crippen LogP contribution < -0.4 is 15.1 Å². The van der Waals surface area contributed by atoms with Crippen molar-refractivity contribution in [1.82, 2.24) is 0 Å². The van der Waals surface area contributed by atoms with E-state index in [9.17, 15) is 45.6 Å². The Balaban J connectivity index is 1.42. The molecule has 3 aliphatic rings. The highest BCUT2D eigenvalue weighted by Gasteiger charge is 2.52. The Morgan fingerprint density at radius 3 is 1.96 bits per heavy atom. The maximum atomic E-state index is 11.8. The van der Waals surface area contributed by atoms with Gasteiger partial charge < -0.3 is 78.4 Å². The lowest BCUT2D eigenvalue weighted by Crippen LogP contribution is -2.65. The van der Waals surface area contributed by atoms with Gasteiger partial charge in [-0.15, -0.1) is 0 Å². The van der Waals surface area contributed by atoms with Crippen LogP contribution in [0.1, 0.15) is 13.8 Å². The lowest BCUT2D eigenvalue weighted by Gasteiger charge is -2.46. The summed E-state index contributed by atoms with van der Waals surface area (Å²) in [4.78, 5) is 11.8. The van der Waals surface area contributed by atoms with Crippen molar-refractivity contribution in [3.63, 3.8) is 0 Å². The molecule has 8 N–H and O–H groups in total. The predicted octanol–water partition coefficient (Wildman–Crippen LogP) is -3.32. The maximum Gasteiger partial charge on any atom is 0.336 e. The first kappa shape index (κ1) is 33.9. The van der Waals surface area contributed by atoms with Crippen LogP contribution >= 0.6 is 0 Å². The van der Waals surface area contributed by atoms with E-state index >= 15 is 0 Å². The number of rotatable bonds is 8. The number of hydrogen-bond acceptors (Lipinski definition) is 17. The van der Waals surface area contributed by atoms with E-state index in [1.165, 1.54) is 45.2 Å². The highest BCUT2D eigenvalue weighted by molar-refractivity contribution is 5.80. The average molecular weight is 647 g/mol. The van der Waals surface area contributed by atoms with Crippen molar-refractivity contribution in [1.29, 1.82) is 0 Å². The minimum atomic E-state index is -1.82. The Bertz CT molecular complexity index is 1350. The van der Waals surface area contributed by atoms with Crippen molar-refractivity contribution < 1.29 is 78.4 Å². The molecule has 1 aromatic carbocycles. The molecule has 17 heteroatoms. The summed E-state index contributed by atoms with van der Waals surface area (Å²) in [6.07, 6.45) is -22.7. The van der Waals surface area contributed by atoms with Gasteiger partial charge in [0, 0.05) is 17.5 Å². The SMILES string of the molecule is COc1cc2ccc(=O)oc2cc1O[C@H]1O[C@@H](CO[C@H]2O[C@H](C)[C@H](O)[C@@H](O)[C@H]2O)[C@@H](O)[C@H](O)[C@H]1O[C@@H]1O[C@@H](C)[C@H](O)[C@@H](O)[C@H]1O. The fourth-order valence-corrected chi connectivity index (χ4v) is 5.36. The van der Waals surface area contributed by atoms with E-state index in [1.54, 1.807) is 0 Å². The number of methoxy groups -OCH3 is 1. The van der Waals surface area contributed by atoms with Crippen LogP contribution in [0.5, 0.6) is 11.5 Å². The molecule has 0 radical (unpaired) electrons. The van der Waals surface area contributed by atoms with Crippen LogP contribution in [0, 0.1) is 0 Å². The molecular formula is C28H38O17. The van der Waals surface area contributed by atoms with E-state index < -0.39 is 104 Å². The van der Waals surface area contributed by atoms with Crippen molar-refractivity contribution in [2.24, 2.45) is 0 Å². The highest BCUT2D eigenvalue weighted by atomic mass is 16.8. The summed E-state index contributed by atoms with van der Waals surface area (Å²) in [5, 5.41) is 83.9. The van der Waals surface area contributed by atoms with E-state index in [2.05, 4.69) is 0 Å². The molecule has 0 aliphatic carbocycles. The first-order valence-electron chi connectivity index (χ1n) is 14.3. The molecule has 0 unspecified atom stereocenters. The Hall–Kier alpha value is -2.49. The number of benzene rings is 1. The largest absolute Gasteiger partial charge is 0.493 e. The molecule has 0 amide bonds. The zero-order chi connectivity index (χ0) is 32.7. The van der Waals surface area contributed by atoms with Gasteiger partial charge in [0.05, 0.1) is 25.9 Å². The van der Waals surface area contributed by atoms with Crippen LogP contribution in [0.15, 0.2) is 33.5 Å². The molecule has 15 atom stereocenters. The molecule has 45 heavy (non-hydrogen) atoms. The lowest BCUT2D eigenvalue weighted by molar-refractivity contribution is -0.360. The molecule has 0 bridgehead atoms. The standard InChI is InChI=1S/C28H38O17/c1-9-17(30)20(33)23(36)26(40-9)39-8-15-19(32)22(35)25(45-27-24(37)21(34)18(31)10(2)41-27)28(44-15)43-14-7-12-11(6-13(14)38-3)4-5-16(29)42-12/h4-7,9-10,15,17-28,30-37H,8H2,1-3H3/t9-,10+,15+,17+,18+,19-,20-,21-,22+,23-,24-,25-,26+,27+,28+/m1/s1. The number of fused-ring (bicyclic) bond motifs is 1. The molecule has 17 nitrogen and oxygen atoms in total. The quantitative estimate of drug-likeness (QED) is 0.131. The van der Waals surface area contributed by atoms with Gasteiger partial charge in [0.2, 0.25) is 6.29 Å². The van der Waals surface area contributed by atoms with E-state index in [0.29, 0.717) is 5.39 Å². The van der Waals surface area contributed by atoms with E-state index in [4.69, 9.17) is 37.6 Å². The third kappa shape index (κ3) is 6.82. The number of hydrogen-bond donors (Lipinski definition) is 8. The smallest absolute Gasteiger partial charge is 0.336 e. The number of aliphatic hydroxyl groups excluding tert-OH is 8. The normalized spacial score (nSPS) is 42.4. The Labute approximate surface area is 255 Å². The van der Waals surface area contributed by atoms with Crippen LogP contribution in [0.25, 0.3) is 11.0 Å². The second-order valence-corrected chi connectivity index (χ2v) is 11.2. The van der Waals surface area contributed by atoms with E-state index in [1.807, 2.05) is 0 Å². The second-order valence-electron chi connectivity index (χ2n) is 11.2. The van der Waals surface area contributed by atoms with Crippen molar-refractivity contribution in [2.75, 3.05) is 13.7 Å². The van der Waals surface area contributed by atoms with Gasteiger partial charge in [-0.25, -0.2) is 4.79 Å². The molecule has 3 fully saturated rings. The van der Waals surface area contributed by atoms with Crippen molar-refractivity contribution in [2.45, 2.75) is 106 Å². The van der Waals surface area contributed by atoms with Gasteiger partial charge in [-0.05, 0) is 26.0 Å². The maximum absolute atomic E-state index is 11.8. The van der Waals surface area contributed by atoms with Gasteiger partial charge in [-0.2, -0.15) is 0 Å². The summed E-state index contributed by atoms with van der Waals surface area (Å²) >= 11 is 0. The monoisotopic (exact) mass is 646 g/mol. The van der Waals surface area contributed by atoms with Crippen LogP contribution in [0.2, 0.25) is 0 Å². The first-order valence-corrected chi connectivity index (χ1v) is 14.3. The van der Waals surface area contributed by atoms with Gasteiger partial charge >= 0.3 is 5.63 Å². The lowest BCUT2D eigenvalue weighted by atomic mass is 9.97. The Morgan fingerprint density at radius 1 is 0.689 bits per heavy atom. The summed E-state index contributed by atoms with van der Waals surface area (Å²) < 4.78 is 44.9. The van der Waals surface area contributed by atoms with Gasteiger partial charge in [0.1, 0.15) is 60.5 Å². The molecule has 252 valence electrons. The zero-order valence-electron chi connectivity index (χ0n) is 24.4. The van der Waals surface area contributed by atoms with Gasteiger partial charge in [0.15, 0.2) is 30.2 Å². The number of ether oxygens (including phenoxy) is 7. The zero-order valence-corrected chi connectivity index (χ0v) is 24.4. The fourth-order valence-electron chi connectivity index (χ4n) is 5.36. The van der Waals surface area contributed by atoms with Crippen molar-refractivity contribution in [3.8, 4) is 11.5 Å². The summed E-state index contributed by atoms with van der Waals surface area (Å²) in [5.74, 6) is 0.0978.